The summed E-state index contributed by atoms with van der Waals surface area (Å²) in [6.45, 7) is 3.03. The predicted octanol–water partition coefficient (Wildman–Crippen LogP) is 4.32. The Labute approximate surface area is 214 Å². The van der Waals surface area contributed by atoms with Crippen molar-refractivity contribution in [2.75, 3.05) is 26.2 Å². The van der Waals surface area contributed by atoms with E-state index >= 15 is 0 Å². The topological polar surface area (TPSA) is 96.6 Å². The minimum Gasteiger partial charge on any atom is -0.340 e. The van der Waals surface area contributed by atoms with Crippen LogP contribution in [0.4, 0.5) is 0 Å². The maximum atomic E-state index is 13.2. The van der Waals surface area contributed by atoms with Crippen LogP contribution in [-0.2, 0) is 21.2 Å². The lowest BCUT2D eigenvalue weighted by Crippen LogP contribution is -2.50. The molecule has 0 spiro atoms. The molecule has 1 amide bonds. The van der Waals surface area contributed by atoms with Crippen molar-refractivity contribution in [3.63, 3.8) is 0 Å². The molecule has 0 atom stereocenters. The summed E-state index contributed by atoms with van der Waals surface area (Å²) in [6.07, 6.45) is 0.963. The van der Waals surface area contributed by atoms with Gasteiger partial charge in [0.15, 0.2) is 0 Å². The van der Waals surface area contributed by atoms with E-state index < -0.39 is 10.0 Å². The van der Waals surface area contributed by atoms with Gasteiger partial charge >= 0.3 is 0 Å². The molecule has 2 heterocycles. The molecule has 10 heteroatoms. The Kier molecular flexibility index (Phi) is 6.79. The summed E-state index contributed by atoms with van der Waals surface area (Å²) in [5.41, 5.74) is 1.89. The molecule has 0 bridgehead atoms. The molecule has 4 aromatic rings. The minimum absolute atomic E-state index is 0.0208. The molecule has 0 aliphatic carbocycles. The summed E-state index contributed by atoms with van der Waals surface area (Å²) in [6, 6.07) is 18.1. The van der Waals surface area contributed by atoms with E-state index in [1.54, 1.807) is 42.2 Å². The third kappa shape index (κ3) is 5.13. The minimum atomic E-state index is -3.65. The van der Waals surface area contributed by atoms with Gasteiger partial charge in [-0.25, -0.2) is 8.42 Å². The predicted molar refractivity (Wildman–Crippen MR) is 137 cm³/mol. The van der Waals surface area contributed by atoms with Crippen LogP contribution in [0.15, 0.2) is 70.1 Å². The van der Waals surface area contributed by atoms with Crippen LogP contribution in [0.25, 0.3) is 22.2 Å². The number of carbonyl (C=O) groups excluding carboxylic acids is 1. The van der Waals surface area contributed by atoms with E-state index in [1.165, 1.54) is 4.31 Å². The normalized spacial score (nSPS) is 14.9. The Balaban J connectivity index is 1.16. The second kappa shape index (κ2) is 10.0. The van der Waals surface area contributed by atoms with Crippen LogP contribution in [0, 0.1) is 6.92 Å². The van der Waals surface area contributed by atoms with E-state index in [4.69, 9.17) is 16.1 Å². The van der Waals surface area contributed by atoms with Crippen molar-refractivity contribution in [1.29, 1.82) is 0 Å². The molecule has 36 heavy (non-hydrogen) atoms. The number of benzene rings is 3. The second-order valence-electron chi connectivity index (χ2n) is 8.77. The smallest absolute Gasteiger partial charge is 0.243 e. The fraction of sp³-hybridized carbons (Fsp3) is 0.269. The van der Waals surface area contributed by atoms with Crippen LogP contribution in [0.1, 0.15) is 17.9 Å². The van der Waals surface area contributed by atoms with Gasteiger partial charge in [-0.05, 0) is 47.0 Å². The van der Waals surface area contributed by atoms with Crippen molar-refractivity contribution in [2.45, 2.75) is 24.7 Å². The first-order valence-corrected chi connectivity index (χ1v) is 13.5. The summed E-state index contributed by atoms with van der Waals surface area (Å²) < 4.78 is 32.9. The molecule has 8 nitrogen and oxygen atoms in total. The van der Waals surface area contributed by atoms with Gasteiger partial charge in [0, 0.05) is 50.1 Å². The van der Waals surface area contributed by atoms with E-state index in [-0.39, 0.29) is 23.9 Å². The summed E-state index contributed by atoms with van der Waals surface area (Å²) in [5, 5.41) is 6.22. The van der Waals surface area contributed by atoms with Gasteiger partial charge in [-0.3, -0.25) is 4.79 Å². The van der Waals surface area contributed by atoms with Crippen molar-refractivity contribution < 1.29 is 17.7 Å². The fourth-order valence-electron chi connectivity index (χ4n) is 4.33. The quantitative estimate of drug-likeness (QED) is 0.373. The Bertz CT molecular complexity index is 1510. The fourth-order valence-corrected chi connectivity index (χ4v) is 5.97. The maximum Gasteiger partial charge on any atom is 0.243 e. The molecule has 1 saturated heterocycles. The number of fused-ring (bicyclic) bond motifs is 1. The SMILES string of the molecule is Cc1nc(-c2ccc(CCC(=O)N3CCN(S(=O)(=O)c4ccc5cc(Cl)ccc5c4)CC3)cc2)no1. The van der Waals surface area contributed by atoms with Crippen LogP contribution >= 0.6 is 11.6 Å². The molecule has 0 N–H and O–H groups in total. The van der Waals surface area contributed by atoms with Gasteiger partial charge in [0.25, 0.3) is 0 Å². The lowest BCUT2D eigenvalue weighted by atomic mass is 10.1. The van der Waals surface area contributed by atoms with Gasteiger partial charge in [-0.15, -0.1) is 0 Å². The molecule has 1 aromatic heterocycles. The highest BCUT2D eigenvalue weighted by Crippen LogP contribution is 2.25. The number of amides is 1. The number of sulfonamides is 1. The van der Waals surface area contributed by atoms with Crippen molar-refractivity contribution >= 4 is 38.3 Å². The Morgan fingerprint density at radius 1 is 0.972 bits per heavy atom. The van der Waals surface area contributed by atoms with Crippen LogP contribution in [0.3, 0.4) is 0 Å². The summed E-state index contributed by atoms with van der Waals surface area (Å²) in [4.78, 5) is 19.0. The zero-order valence-electron chi connectivity index (χ0n) is 19.7. The molecular formula is C26H25ClN4O4S. The molecule has 0 saturated carbocycles. The highest BCUT2D eigenvalue weighted by atomic mass is 35.5. The first-order valence-electron chi connectivity index (χ1n) is 11.7. The van der Waals surface area contributed by atoms with E-state index in [9.17, 15) is 13.2 Å². The van der Waals surface area contributed by atoms with Gasteiger partial charge in [-0.1, -0.05) is 53.2 Å². The molecular weight excluding hydrogens is 500 g/mol. The first-order chi connectivity index (χ1) is 17.3. The molecule has 5 rings (SSSR count). The van der Waals surface area contributed by atoms with E-state index in [2.05, 4.69) is 10.1 Å². The zero-order chi connectivity index (χ0) is 25.3. The summed E-state index contributed by atoms with van der Waals surface area (Å²) >= 11 is 6.03. The highest BCUT2D eigenvalue weighted by molar-refractivity contribution is 7.89. The second-order valence-corrected chi connectivity index (χ2v) is 11.1. The number of rotatable bonds is 6. The molecule has 0 unspecified atom stereocenters. The maximum absolute atomic E-state index is 13.2. The molecule has 1 aliphatic heterocycles. The number of nitrogens with zero attached hydrogens (tertiary/aromatic N) is 4. The van der Waals surface area contributed by atoms with Gasteiger partial charge in [-0.2, -0.15) is 9.29 Å². The molecule has 1 aliphatic rings. The van der Waals surface area contributed by atoms with Crippen molar-refractivity contribution in [3.05, 3.63) is 77.1 Å². The van der Waals surface area contributed by atoms with Gasteiger partial charge in [0.1, 0.15) is 0 Å². The summed E-state index contributed by atoms with van der Waals surface area (Å²) in [5.74, 6) is 1.07. The lowest BCUT2D eigenvalue weighted by Gasteiger charge is -2.34. The van der Waals surface area contributed by atoms with Crippen molar-refractivity contribution in [1.82, 2.24) is 19.3 Å². The number of piperazine rings is 1. The van der Waals surface area contributed by atoms with Crippen LogP contribution in [-0.4, -0.2) is 59.8 Å². The number of aryl methyl sites for hydroxylation is 2. The molecule has 186 valence electrons. The van der Waals surface area contributed by atoms with Crippen molar-refractivity contribution in [3.8, 4) is 11.4 Å². The number of carbonyl (C=O) groups is 1. The standard InChI is InChI=1S/C26H25ClN4O4S/c1-18-28-26(29-35-18)20-5-2-19(3-6-20)4-11-25(32)30-12-14-31(15-13-30)36(33,34)24-10-8-21-16-23(27)9-7-22(21)17-24/h2-3,5-10,16-17H,4,11-15H2,1H3. The first kappa shape index (κ1) is 24.4. The van der Waals surface area contributed by atoms with E-state index in [0.717, 1.165) is 21.9 Å². The zero-order valence-corrected chi connectivity index (χ0v) is 21.3. The average Bonchev–Trinajstić information content (AvgIpc) is 3.33. The molecule has 3 aromatic carbocycles. The van der Waals surface area contributed by atoms with E-state index in [1.807, 2.05) is 30.3 Å². The Morgan fingerprint density at radius 2 is 1.67 bits per heavy atom. The number of hydrogen-bond donors (Lipinski definition) is 0. The third-order valence-corrected chi connectivity index (χ3v) is 8.50. The monoisotopic (exact) mass is 524 g/mol. The largest absolute Gasteiger partial charge is 0.340 e. The van der Waals surface area contributed by atoms with Crippen molar-refractivity contribution in [2.24, 2.45) is 0 Å². The third-order valence-electron chi connectivity index (χ3n) is 6.37. The number of halogens is 1. The number of aromatic nitrogens is 2. The lowest BCUT2D eigenvalue weighted by molar-refractivity contribution is -0.132. The van der Waals surface area contributed by atoms with Gasteiger partial charge in [0.2, 0.25) is 27.6 Å². The van der Waals surface area contributed by atoms with Crippen LogP contribution < -0.4 is 0 Å². The van der Waals surface area contributed by atoms with Crippen LogP contribution in [0.5, 0.6) is 0 Å². The molecule has 0 radical (unpaired) electrons. The van der Waals surface area contributed by atoms with Gasteiger partial charge < -0.3 is 9.42 Å². The molecule has 1 fully saturated rings. The summed E-state index contributed by atoms with van der Waals surface area (Å²) in [7, 11) is -3.65. The average molecular weight is 525 g/mol. The highest BCUT2D eigenvalue weighted by Gasteiger charge is 2.30. The number of hydrogen-bond acceptors (Lipinski definition) is 6. The van der Waals surface area contributed by atoms with E-state index in [0.29, 0.717) is 42.7 Å². The Morgan fingerprint density at radius 3 is 2.36 bits per heavy atom. The Hall–Kier alpha value is -3.27. The van der Waals surface area contributed by atoms with Crippen LogP contribution in [0.2, 0.25) is 5.02 Å². The van der Waals surface area contributed by atoms with Gasteiger partial charge in [0.05, 0.1) is 4.90 Å².